The van der Waals surface area contributed by atoms with Crippen molar-refractivity contribution in [1.82, 2.24) is 10.6 Å². The van der Waals surface area contributed by atoms with Crippen LogP contribution < -0.4 is 10.6 Å². The van der Waals surface area contributed by atoms with E-state index in [4.69, 9.17) is 4.99 Å². The Bertz CT molecular complexity index is 642. The first-order valence-electron chi connectivity index (χ1n) is 8.71. The monoisotopic (exact) mass is 479 g/mol. The van der Waals surface area contributed by atoms with E-state index in [0.29, 0.717) is 12.5 Å². The molecule has 1 aromatic rings. The van der Waals surface area contributed by atoms with Gasteiger partial charge in [-0.3, -0.25) is 4.99 Å². The van der Waals surface area contributed by atoms with Crippen LogP contribution in [-0.4, -0.2) is 46.0 Å². The normalized spacial score (nSPS) is 17.0. The van der Waals surface area contributed by atoms with Gasteiger partial charge in [-0.2, -0.15) is 0 Å². The first-order valence-corrected chi connectivity index (χ1v) is 10.8. The molecule has 0 saturated heterocycles. The molecule has 7 heteroatoms. The molecule has 1 aromatic carbocycles. The Morgan fingerprint density at radius 2 is 1.80 bits per heavy atom. The molecule has 0 atom stereocenters. The largest absolute Gasteiger partial charge is 0.357 e. The van der Waals surface area contributed by atoms with E-state index in [-0.39, 0.29) is 35.1 Å². The van der Waals surface area contributed by atoms with Crippen LogP contribution in [-0.2, 0) is 15.3 Å². The van der Waals surface area contributed by atoms with E-state index >= 15 is 0 Å². The third kappa shape index (κ3) is 7.13. The van der Waals surface area contributed by atoms with E-state index in [9.17, 15) is 8.42 Å². The van der Waals surface area contributed by atoms with Gasteiger partial charge in [0.2, 0.25) is 0 Å². The third-order valence-electron chi connectivity index (χ3n) is 4.60. The minimum Gasteiger partial charge on any atom is -0.357 e. The van der Waals surface area contributed by atoms with E-state index in [1.807, 2.05) is 13.0 Å². The maximum atomic E-state index is 11.3. The fraction of sp³-hybridized carbons (Fsp3) is 0.611. The Morgan fingerprint density at radius 1 is 1.16 bits per heavy atom. The lowest BCUT2D eigenvalue weighted by atomic mass is 9.79. The Balaban J connectivity index is 0.00000312. The highest BCUT2D eigenvalue weighted by Crippen LogP contribution is 2.41. The number of nitrogens with one attached hydrogen (secondary N) is 2. The number of nitrogens with zero attached hydrogens (tertiary/aromatic N) is 1. The highest BCUT2D eigenvalue weighted by Gasteiger charge is 2.35. The van der Waals surface area contributed by atoms with Gasteiger partial charge in [-0.25, -0.2) is 8.42 Å². The van der Waals surface area contributed by atoms with Crippen molar-refractivity contribution in [3.63, 3.8) is 0 Å². The minimum absolute atomic E-state index is 0. The van der Waals surface area contributed by atoms with E-state index in [2.05, 4.69) is 34.9 Å². The molecule has 1 saturated carbocycles. The standard InChI is InChI=1S/C18H29N3O2S.HI/c1-3-19-17(20-13-14-24(2,22)23)21-15-18(11-7-8-12-18)16-9-5-4-6-10-16;/h4-6,9-10H,3,7-8,11-15H2,1-2H3,(H2,19,20,21);1H. The lowest BCUT2D eigenvalue weighted by molar-refractivity contribution is 0.452. The summed E-state index contributed by atoms with van der Waals surface area (Å²) in [6.07, 6.45) is 6.04. The van der Waals surface area contributed by atoms with Gasteiger partial charge in [0, 0.05) is 24.8 Å². The predicted molar refractivity (Wildman–Crippen MR) is 116 cm³/mol. The number of sulfone groups is 1. The summed E-state index contributed by atoms with van der Waals surface area (Å²) < 4.78 is 22.5. The molecule has 2 rings (SSSR count). The zero-order chi connectivity index (χ0) is 17.5. The van der Waals surface area contributed by atoms with Crippen molar-refractivity contribution in [2.75, 3.05) is 31.6 Å². The first kappa shape index (κ1) is 22.2. The van der Waals surface area contributed by atoms with Crippen molar-refractivity contribution in [2.45, 2.75) is 38.0 Å². The number of hydrogen-bond donors (Lipinski definition) is 2. The van der Waals surface area contributed by atoms with E-state index in [1.54, 1.807) is 0 Å². The molecule has 142 valence electrons. The molecule has 5 nitrogen and oxygen atoms in total. The van der Waals surface area contributed by atoms with E-state index < -0.39 is 9.84 Å². The fourth-order valence-corrected chi connectivity index (χ4v) is 3.78. The Kier molecular flexibility index (Phi) is 9.20. The van der Waals surface area contributed by atoms with Gasteiger partial charge >= 0.3 is 0 Å². The van der Waals surface area contributed by atoms with Crippen molar-refractivity contribution in [3.8, 4) is 0 Å². The van der Waals surface area contributed by atoms with Gasteiger partial charge in [-0.05, 0) is 25.3 Å². The molecule has 1 aliphatic carbocycles. The van der Waals surface area contributed by atoms with E-state index in [1.165, 1.54) is 24.7 Å². The van der Waals surface area contributed by atoms with Gasteiger partial charge in [-0.1, -0.05) is 43.2 Å². The molecular weight excluding hydrogens is 449 g/mol. The second-order valence-corrected chi connectivity index (χ2v) is 8.87. The van der Waals surface area contributed by atoms with Crippen LogP contribution in [0.15, 0.2) is 35.3 Å². The van der Waals surface area contributed by atoms with Gasteiger partial charge in [0.1, 0.15) is 9.84 Å². The van der Waals surface area contributed by atoms with Gasteiger partial charge in [0.05, 0.1) is 12.3 Å². The topological polar surface area (TPSA) is 70.6 Å². The molecule has 1 fully saturated rings. The van der Waals surface area contributed by atoms with Gasteiger partial charge < -0.3 is 10.6 Å². The summed E-state index contributed by atoms with van der Waals surface area (Å²) in [5.74, 6) is 0.810. The lowest BCUT2D eigenvalue weighted by Gasteiger charge is -2.28. The lowest BCUT2D eigenvalue weighted by Crippen LogP contribution is -2.40. The highest BCUT2D eigenvalue weighted by atomic mass is 127. The molecule has 2 N–H and O–H groups in total. The molecule has 0 spiro atoms. The summed E-state index contributed by atoms with van der Waals surface area (Å²) in [6, 6.07) is 10.6. The summed E-state index contributed by atoms with van der Waals surface area (Å²) in [4.78, 5) is 4.76. The molecule has 0 heterocycles. The van der Waals surface area contributed by atoms with Crippen LogP contribution in [0, 0.1) is 0 Å². The second-order valence-electron chi connectivity index (χ2n) is 6.61. The average molecular weight is 479 g/mol. The first-order chi connectivity index (χ1) is 11.5. The van der Waals surface area contributed by atoms with Crippen LogP contribution in [0.5, 0.6) is 0 Å². The number of aliphatic imine (C=N–C) groups is 1. The van der Waals surface area contributed by atoms with Crippen LogP contribution in [0.1, 0.15) is 38.2 Å². The number of hydrogen-bond acceptors (Lipinski definition) is 3. The number of benzene rings is 1. The SMILES string of the molecule is CCNC(=NCC1(c2ccccc2)CCCC1)NCCS(C)(=O)=O.I. The van der Waals surface area contributed by atoms with Crippen molar-refractivity contribution in [3.05, 3.63) is 35.9 Å². The summed E-state index contributed by atoms with van der Waals surface area (Å²) in [7, 11) is -2.97. The van der Waals surface area contributed by atoms with Gasteiger partial charge in [0.15, 0.2) is 5.96 Å². The van der Waals surface area contributed by atoms with Crippen molar-refractivity contribution in [1.29, 1.82) is 0 Å². The molecule has 1 aliphatic rings. The molecule has 0 unspecified atom stereocenters. The minimum atomic E-state index is -2.97. The van der Waals surface area contributed by atoms with Gasteiger partial charge in [-0.15, -0.1) is 24.0 Å². The van der Waals surface area contributed by atoms with Crippen LogP contribution in [0.2, 0.25) is 0 Å². The maximum Gasteiger partial charge on any atom is 0.191 e. The number of guanidine groups is 1. The molecule has 0 aromatic heterocycles. The quantitative estimate of drug-likeness (QED) is 0.359. The number of halogens is 1. The molecule has 25 heavy (non-hydrogen) atoms. The van der Waals surface area contributed by atoms with Crippen molar-refractivity contribution < 1.29 is 8.42 Å². The maximum absolute atomic E-state index is 11.3. The molecule has 0 amide bonds. The zero-order valence-electron chi connectivity index (χ0n) is 15.1. The predicted octanol–water partition coefficient (Wildman–Crippen LogP) is 2.72. The molecular formula is C18H30IN3O2S. The highest BCUT2D eigenvalue weighted by molar-refractivity contribution is 14.0. The van der Waals surface area contributed by atoms with Gasteiger partial charge in [0.25, 0.3) is 0 Å². The van der Waals surface area contributed by atoms with Crippen molar-refractivity contribution >= 4 is 39.8 Å². The Hall–Kier alpha value is -0.830. The summed E-state index contributed by atoms with van der Waals surface area (Å²) in [5, 5.41) is 6.34. The Labute approximate surface area is 169 Å². The van der Waals surface area contributed by atoms with Crippen LogP contribution in [0.3, 0.4) is 0 Å². The average Bonchev–Trinajstić information content (AvgIpc) is 3.02. The molecule has 0 bridgehead atoms. The molecule has 0 radical (unpaired) electrons. The fourth-order valence-electron chi connectivity index (χ4n) is 3.31. The van der Waals surface area contributed by atoms with Crippen LogP contribution in [0.25, 0.3) is 0 Å². The smallest absolute Gasteiger partial charge is 0.191 e. The van der Waals surface area contributed by atoms with Crippen molar-refractivity contribution in [2.24, 2.45) is 4.99 Å². The summed E-state index contributed by atoms with van der Waals surface area (Å²) in [5.41, 5.74) is 1.47. The molecule has 0 aliphatic heterocycles. The summed E-state index contributed by atoms with van der Waals surface area (Å²) >= 11 is 0. The number of rotatable bonds is 7. The second kappa shape index (κ2) is 10.4. The zero-order valence-corrected chi connectivity index (χ0v) is 18.3. The van der Waals surface area contributed by atoms with E-state index in [0.717, 1.165) is 25.9 Å². The summed E-state index contributed by atoms with van der Waals surface area (Å²) in [6.45, 7) is 3.87. The van der Waals surface area contributed by atoms with Crippen LogP contribution >= 0.6 is 24.0 Å². The Morgan fingerprint density at radius 3 is 2.36 bits per heavy atom. The third-order valence-corrected chi connectivity index (χ3v) is 5.54. The van der Waals surface area contributed by atoms with Crippen LogP contribution in [0.4, 0.5) is 0 Å².